The van der Waals surface area contributed by atoms with Crippen LogP contribution >= 0.6 is 0 Å². The van der Waals surface area contributed by atoms with Crippen LogP contribution in [0.4, 0.5) is 14.6 Å². The molecule has 0 aromatic carbocycles. The Balaban J connectivity index is 3.09. The maximum Gasteiger partial charge on any atom is 0.338 e. The molecular weight excluding hydrogens is 242 g/mol. The number of aromatic nitrogens is 1. The fourth-order valence-electron chi connectivity index (χ4n) is 1.33. The molecule has 4 nitrogen and oxygen atoms in total. The molecule has 18 heavy (non-hydrogen) atoms. The average Bonchev–Trinajstić information content (AvgIpc) is 2.37. The van der Waals surface area contributed by atoms with Crippen molar-refractivity contribution in [2.24, 2.45) is 0 Å². The van der Waals surface area contributed by atoms with Crippen molar-refractivity contribution in [2.45, 2.75) is 32.7 Å². The molecule has 0 saturated carbocycles. The number of rotatable bonds is 5. The average molecular weight is 258 g/mol. The zero-order valence-electron chi connectivity index (χ0n) is 10.5. The van der Waals surface area contributed by atoms with Gasteiger partial charge >= 0.3 is 5.97 Å². The Morgan fingerprint density at radius 1 is 1.50 bits per heavy atom. The highest BCUT2D eigenvalue weighted by atomic mass is 19.3. The topological polar surface area (TPSA) is 51.2 Å². The predicted molar refractivity (Wildman–Crippen MR) is 63.9 cm³/mol. The van der Waals surface area contributed by atoms with Crippen molar-refractivity contribution < 1.29 is 18.3 Å². The maximum absolute atomic E-state index is 12.7. The van der Waals surface area contributed by atoms with Crippen molar-refractivity contribution in [2.75, 3.05) is 12.4 Å². The van der Waals surface area contributed by atoms with E-state index in [0.29, 0.717) is 0 Å². The molecule has 0 amide bonds. The van der Waals surface area contributed by atoms with Crippen molar-refractivity contribution in [1.29, 1.82) is 0 Å². The van der Waals surface area contributed by atoms with Crippen LogP contribution in [0.3, 0.4) is 0 Å². The Bertz CT molecular complexity index is 425. The van der Waals surface area contributed by atoms with E-state index in [4.69, 9.17) is 0 Å². The highest BCUT2D eigenvalue weighted by Crippen LogP contribution is 2.21. The van der Waals surface area contributed by atoms with Gasteiger partial charge in [-0.1, -0.05) is 6.92 Å². The summed E-state index contributed by atoms with van der Waals surface area (Å²) in [6, 6.07) is 2.53. The summed E-state index contributed by atoms with van der Waals surface area (Å²) >= 11 is 0. The third-order valence-electron chi connectivity index (χ3n) is 2.50. The number of alkyl halides is 2. The van der Waals surface area contributed by atoms with E-state index in [1.165, 1.54) is 13.2 Å². The van der Waals surface area contributed by atoms with E-state index in [1.54, 1.807) is 0 Å². The molecular formula is C12H16F2N2O2. The van der Waals surface area contributed by atoms with E-state index in [9.17, 15) is 13.6 Å². The van der Waals surface area contributed by atoms with Gasteiger partial charge in [0.25, 0.3) is 6.43 Å². The number of methoxy groups -OCH3 is 1. The van der Waals surface area contributed by atoms with Gasteiger partial charge in [-0.3, -0.25) is 0 Å². The number of nitrogens with zero attached hydrogens (tertiary/aromatic N) is 1. The Morgan fingerprint density at radius 3 is 2.67 bits per heavy atom. The van der Waals surface area contributed by atoms with E-state index < -0.39 is 18.1 Å². The molecule has 1 N–H and O–H groups in total. The summed E-state index contributed by atoms with van der Waals surface area (Å²) < 4.78 is 29.9. The van der Waals surface area contributed by atoms with Crippen LogP contribution in [0.5, 0.6) is 0 Å². The number of nitrogens with one attached hydrogen (secondary N) is 1. The molecule has 0 aliphatic heterocycles. The first kappa shape index (κ1) is 14.3. The molecule has 0 spiro atoms. The third kappa shape index (κ3) is 3.65. The standard InChI is InChI=1S/C12H16F2N2O2/c1-4-7(2)15-10-6-8(12(17)18-3)5-9(16-10)11(13)14/h5-7,11H,4H2,1-3H3,(H,15,16). The first-order valence-electron chi connectivity index (χ1n) is 5.62. The summed E-state index contributed by atoms with van der Waals surface area (Å²) in [5.41, 5.74) is -0.377. The van der Waals surface area contributed by atoms with Crippen LogP contribution in [0.15, 0.2) is 12.1 Å². The van der Waals surface area contributed by atoms with Crippen LogP contribution in [-0.4, -0.2) is 24.1 Å². The predicted octanol–water partition coefficient (Wildman–Crippen LogP) is 3.02. The number of hydrogen-bond donors (Lipinski definition) is 1. The van der Waals surface area contributed by atoms with E-state index in [2.05, 4.69) is 15.0 Å². The van der Waals surface area contributed by atoms with Gasteiger partial charge in [0, 0.05) is 6.04 Å². The van der Waals surface area contributed by atoms with Gasteiger partial charge in [-0.15, -0.1) is 0 Å². The summed E-state index contributed by atoms with van der Waals surface area (Å²) in [4.78, 5) is 15.1. The zero-order valence-corrected chi connectivity index (χ0v) is 10.5. The molecule has 0 fully saturated rings. The number of carbonyl (C=O) groups is 1. The first-order valence-corrected chi connectivity index (χ1v) is 5.62. The lowest BCUT2D eigenvalue weighted by Crippen LogP contribution is -2.16. The first-order chi connectivity index (χ1) is 8.47. The fraction of sp³-hybridized carbons (Fsp3) is 0.500. The zero-order chi connectivity index (χ0) is 13.7. The molecule has 0 radical (unpaired) electrons. The van der Waals surface area contributed by atoms with Gasteiger partial charge in [-0.2, -0.15) is 0 Å². The Kier molecular flexibility index (Phi) is 5.00. The minimum Gasteiger partial charge on any atom is -0.465 e. The second-order valence-electron chi connectivity index (χ2n) is 3.91. The van der Waals surface area contributed by atoms with Gasteiger partial charge in [-0.25, -0.2) is 18.6 Å². The van der Waals surface area contributed by atoms with Crippen molar-refractivity contribution in [3.63, 3.8) is 0 Å². The van der Waals surface area contributed by atoms with E-state index in [0.717, 1.165) is 12.5 Å². The van der Waals surface area contributed by atoms with Gasteiger partial charge < -0.3 is 10.1 Å². The van der Waals surface area contributed by atoms with Crippen LogP contribution in [0.25, 0.3) is 0 Å². The molecule has 1 aromatic rings. The number of carbonyl (C=O) groups excluding carboxylic acids is 1. The lowest BCUT2D eigenvalue weighted by atomic mass is 10.2. The molecule has 1 atom stereocenters. The molecule has 0 saturated heterocycles. The van der Waals surface area contributed by atoms with Crippen LogP contribution in [0.1, 0.15) is 42.7 Å². The molecule has 0 aliphatic carbocycles. The van der Waals surface area contributed by atoms with Crippen molar-refractivity contribution in [1.82, 2.24) is 4.98 Å². The molecule has 1 aromatic heterocycles. The highest BCUT2D eigenvalue weighted by Gasteiger charge is 2.16. The van der Waals surface area contributed by atoms with Gasteiger partial charge in [0.2, 0.25) is 0 Å². The van der Waals surface area contributed by atoms with Gasteiger partial charge in [0.15, 0.2) is 0 Å². The number of anilines is 1. The van der Waals surface area contributed by atoms with Crippen LogP contribution in [-0.2, 0) is 4.74 Å². The van der Waals surface area contributed by atoms with Gasteiger partial charge in [0.1, 0.15) is 11.5 Å². The van der Waals surface area contributed by atoms with E-state index in [1.807, 2.05) is 13.8 Å². The number of esters is 1. The van der Waals surface area contributed by atoms with Crippen molar-refractivity contribution in [3.8, 4) is 0 Å². The number of halogens is 2. The summed E-state index contributed by atoms with van der Waals surface area (Å²) in [6.07, 6.45) is -1.92. The van der Waals surface area contributed by atoms with Crippen LogP contribution in [0.2, 0.25) is 0 Å². The van der Waals surface area contributed by atoms with Crippen molar-refractivity contribution in [3.05, 3.63) is 23.4 Å². The smallest absolute Gasteiger partial charge is 0.338 e. The normalized spacial score (nSPS) is 12.3. The minimum atomic E-state index is -2.73. The molecule has 6 heteroatoms. The minimum absolute atomic E-state index is 0.0635. The Morgan fingerprint density at radius 2 is 2.17 bits per heavy atom. The second kappa shape index (κ2) is 6.28. The quantitative estimate of drug-likeness (QED) is 0.825. The Labute approximate surface area is 104 Å². The lowest BCUT2D eigenvalue weighted by molar-refractivity contribution is 0.0600. The summed E-state index contributed by atoms with van der Waals surface area (Å²) in [6.45, 7) is 3.85. The van der Waals surface area contributed by atoms with Crippen molar-refractivity contribution >= 4 is 11.8 Å². The fourth-order valence-corrected chi connectivity index (χ4v) is 1.33. The monoisotopic (exact) mass is 258 g/mol. The van der Waals surface area contributed by atoms with Gasteiger partial charge in [-0.05, 0) is 25.5 Å². The van der Waals surface area contributed by atoms with Crippen LogP contribution in [0, 0.1) is 0 Å². The Hall–Kier alpha value is -1.72. The molecule has 100 valence electrons. The molecule has 0 aliphatic rings. The SMILES string of the molecule is CCC(C)Nc1cc(C(=O)OC)cc(C(F)F)n1. The maximum atomic E-state index is 12.7. The molecule has 1 heterocycles. The molecule has 1 rings (SSSR count). The molecule has 0 bridgehead atoms. The van der Waals surface area contributed by atoms with E-state index in [-0.39, 0.29) is 17.4 Å². The van der Waals surface area contributed by atoms with E-state index >= 15 is 0 Å². The largest absolute Gasteiger partial charge is 0.465 e. The number of hydrogen-bond acceptors (Lipinski definition) is 4. The third-order valence-corrected chi connectivity index (χ3v) is 2.50. The highest BCUT2D eigenvalue weighted by molar-refractivity contribution is 5.90. The summed E-state index contributed by atoms with van der Waals surface area (Å²) in [7, 11) is 1.20. The molecule has 1 unspecified atom stereocenters. The number of ether oxygens (including phenoxy) is 1. The second-order valence-corrected chi connectivity index (χ2v) is 3.91. The summed E-state index contributed by atoms with van der Waals surface area (Å²) in [5.74, 6) is -0.408. The van der Waals surface area contributed by atoms with Crippen LogP contribution < -0.4 is 5.32 Å². The lowest BCUT2D eigenvalue weighted by Gasteiger charge is -2.14. The number of pyridine rings is 1. The van der Waals surface area contributed by atoms with Gasteiger partial charge in [0.05, 0.1) is 12.7 Å². The summed E-state index contributed by atoms with van der Waals surface area (Å²) in [5, 5.41) is 2.95.